The topological polar surface area (TPSA) is 362 Å². The van der Waals surface area contributed by atoms with Crippen molar-refractivity contribution in [2.24, 2.45) is 0 Å². The normalized spacial score (nSPS) is 22.5. The number of amides is 9. The molecule has 4 aromatic rings. The molecule has 16 rings (SSSR count). The van der Waals surface area contributed by atoms with Crippen molar-refractivity contribution in [2.75, 3.05) is 122 Å². The monoisotopic (exact) mass is 1760 g/mol. The maximum Gasteiger partial charge on any atom is 0.332 e. The molecule has 4 heterocycles. The fourth-order valence-electron chi connectivity index (χ4n) is 20.0. The molecule has 4 saturated heterocycles. The number of carbonyl (C=O) groups is 5. The fourth-order valence-corrected chi connectivity index (χ4v) is 26.6. The highest BCUT2D eigenvalue weighted by Gasteiger charge is 2.48. The summed E-state index contributed by atoms with van der Waals surface area (Å²) in [6, 6.07) is 5.96. The van der Waals surface area contributed by atoms with E-state index in [1.807, 2.05) is 42.5 Å². The molecule has 8 aliphatic carbocycles. The van der Waals surface area contributed by atoms with Crippen molar-refractivity contribution >= 4 is 101 Å². The highest BCUT2D eigenvalue weighted by Crippen LogP contribution is 2.44. The van der Waals surface area contributed by atoms with Crippen molar-refractivity contribution in [3.63, 3.8) is 0 Å². The Morgan fingerprint density at radius 2 is 0.767 bits per heavy atom. The van der Waals surface area contributed by atoms with E-state index in [1.54, 1.807) is 14.1 Å². The van der Waals surface area contributed by atoms with Gasteiger partial charge in [0.25, 0.3) is 0 Å². The molecule has 34 heteroatoms. The molecule has 0 saturated carbocycles. The van der Waals surface area contributed by atoms with Gasteiger partial charge in [0.1, 0.15) is 15.7 Å². The Balaban J connectivity index is 0.000000139. The summed E-state index contributed by atoms with van der Waals surface area (Å²) >= 11 is 0. The molecule has 8 N–H and O–H groups in total. The van der Waals surface area contributed by atoms with Crippen LogP contribution < -0.4 is 40.2 Å². The predicted molar refractivity (Wildman–Crippen MR) is 471 cm³/mol. The summed E-state index contributed by atoms with van der Waals surface area (Å²) in [7, 11) is -8.92. The first-order valence-corrected chi connectivity index (χ1v) is 52.6. The number of nitrogens with one attached hydrogen (secondary N) is 8. The largest absolute Gasteiger partial charge is 0.416 e. The van der Waals surface area contributed by atoms with Crippen LogP contribution in [0.3, 0.4) is 0 Å². The van der Waals surface area contributed by atoms with E-state index in [-0.39, 0.29) is 30.0 Å². The minimum Gasteiger partial charge on any atom is -0.416 e. The van der Waals surface area contributed by atoms with Crippen molar-refractivity contribution in [2.45, 2.75) is 265 Å². The van der Waals surface area contributed by atoms with Crippen LogP contribution >= 0.6 is 0 Å². The molecular formula is C86H129N13O16S4Si. The summed E-state index contributed by atoms with van der Waals surface area (Å²) in [6.45, 7) is 21.9. The lowest BCUT2D eigenvalue weighted by Crippen LogP contribution is -2.59. The van der Waals surface area contributed by atoms with Gasteiger partial charge in [0.2, 0.25) is 46.0 Å². The maximum absolute atomic E-state index is 13.1. The number of ether oxygens (including phenoxy) is 2. The molecule has 9 amide bonds. The van der Waals surface area contributed by atoms with E-state index in [0.717, 1.165) is 195 Å². The van der Waals surface area contributed by atoms with Crippen molar-refractivity contribution < 1.29 is 71.5 Å². The quantitative estimate of drug-likeness (QED) is 0.0360. The van der Waals surface area contributed by atoms with Gasteiger partial charge in [-0.3, -0.25) is 19.5 Å². The SMILES string of the molecule is CC(C)(C)[Si](C)(C)OCCN1CC(S(=O)(=O)NC(=O)Nc2c3c(cc4c2CCC4)CCC3)C1.CC(C)N1CC(S(=O)(=O)NC(=O)Nc2c3c(cc4c2CCC4)CCC3)CC1C(=O)N(C)C.CCN1CC(OC)C(S(=O)(=O)NC(=O)Nc2c3c(cc4c2CCC4)CCC3)C1.COC1CN(C)CC1S(=O)(=O)NC(=O)Nc1c2c(cc3c1CCC3)CCC2. The summed E-state index contributed by atoms with van der Waals surface area (Å²) in [4.78, 5) is 72.8. The van der Waals surface area contributed by atoms with Gasteiger partial charge in [-0.25, -0.2) is 71.7 Å². The second-order valence-electron chi connectivity index (χ2n) is 36.9. The number of nitrogens with zero attached hydrogens (tertiary/aromatic N) is 5. The Labute approximate surface area is 712 Å². The van der Waals surface area contributed by atoms with Gasteiger partial charge >= 0.3 is 24.1 Å². The molecule has 29 nitrogen and oxygen atoms in total. The summed E-state index contributed by atoms with van der Waals surface area (Å²) in [5.41, 5.74) is 23.1. The van der Waals surface area contributed by atoms with Crippen molar-refractivity contribution in [1.82, 2.24) is 43.4 Å². The van der Waals surface area contributed by atoms with Crippen molar-refractivity contribution in [3.05, 3.63) is 113 Å². The Kier molecular flexibility index (Phi) is 28.1. The second-order valence-corrected chi connectivity index (χ2v) is 49.5. The van der Waals surface area contributed by atoms with Crippen LogP contribution in [0.4, 0.5) is 41.9 Å². The summed E-state index contributed by atoms with van der Waals surface area (Å²) < 4.78 is 129. The van der Waals surface area contributed by atoms with Gasteiger partial charge in [0.15, 0.2) is 8.32 Å². The predicted octanol–water partition coefficient (Wildman–Crippen LogP) is 9.15. The standard InChI is InChI=1S/C24H39N3O4SSi.C23H34N4O4S.C20H29N3O4S.C19H27N3O4S/c1-24(2,3)33(4,5)31-13-12-27-15-19(16-27)32(29,30)26-23(28)25-22-20-10-6-8-17(20)14-18-9-7-11-21(18)22;1-14(2)27-13-17(12-20(27)22(28)26(3)4)32(30,31)25-23(29)24-21-18-9-5-7-15(18)11-16-8-6-10-19(16)21;1-3-23-11-17(27-2)18(12-23)28(25,26)22-20(24)21-19-15-8-4-6-13(15)10-14-7-5-9-16(14)19;1-22-10-16(26-2)17(11-22)27(24,25)21-19(23)20-18-14-7-3-5-12(14)9-13-6-4-8-15(13)18/h14,19H,6-13,15-16H2,1-5H3,(H2,25,26,28);11,14,17,20H,5-10,12-13H2,1-4H3,(H2,24,25,29);10,17-18H,3-9,11-12H2,1-2H3,(H2,21,22,24);9,16-17H,3-8,10-11H2,1-2H3,(H2,20,21,23). The number of anilines is 4. The average molecular weight is 1760 g/mol. The Hall–Kier alpha value is -6.83. The molecule has 662 valence electrons. The van der Waals surface area contributed by atoms with Crippen molar-refractivity contribution in [3.8, 4) is 0 Å². The minimum absolute atomic E-state index is 0.0208. The number of methoxy groups -OCH3 is 2. The van der Waals surface area contributed by atoms with Crippen LogP contribution in [0.2, 0.25) is 18.1 Å². The molecule has 120 heavy (non-hydrogen) atoms. The summed E-state index contributed by atoms with van der Waals surface area (Å²) in [6.07, 6.45) is 23.6. The zero-order chi connectivity index (χ0) is 86.3. The van der Waals surface area contributed by atoms with E-state index >= 15 is 0 Å². The minimum atomic E-state index is -3.94. The fraction of sp³-hybridized carbons (Fsp3) is 0.663. The van der Waals surface area contributed by atoms with Gasteiger partial charge in [-0.05, 0) is 295 Å². The molecular weight excluding hydrogens is 1630 g/mol. The number of aryl methyl sites for hydroxylation is 8. The van der Waals surface area contributed by atoms with E-state index in [4.69, 9.17) is 13.9 Å². The number of benzene rings is 4. The van der Waals surface area contributed by atoms with Crippen molar-refractivity contribution in [1.29, 1.82) is 0 Å². The number of rotatable bonds is 21. The van der Waals surface area contributed by atoms with Crippen LogP contribution in [0, 0.1) is 0 Å². The molecule has 6 atom stereocenters. The van der Waals surface area contributed by atoms with Crippen LogP contribution in [0.15, 0.2) is 24.3 Å². The van der Waals surface area contributed by atoms with Crippen LogP contribution in [-0.2, 0) is 162 Å². The number of likely N-dealkylation sites (N-methyl/N-ethyl adjacent to an activating group) is 3. The number of carbonyl (C=O) groups excluding carboxylic acids is 5. The van der Waals surface area contributed by atoms with E-state index < -0.39 is 112 Å². The number of urea groups is 4. The first kappa shape index (κ1) is 90.9. The molecule has 4 fully saturated rings. The van der Waals surface area contributed by atoms with Crippen LogP contribution in [0.5, 0.6) is 0 Å². The van der Waals surface area contributed by atoms with Gasteiger partial charge in [-0.1, -0.05) is 52.0 Å². The highest BCUT2D eigenvalue weighted by atomic mass is 32.2. The highest BCUT2D eigenvalue weighted by molar-refractivity contribution is 7.91. The Bertz CT molecular complexity index is 4930. The second kappa shape index (κ2) is 37.1. The first-order valence-electron chi connectivity index (χ1n) is 43.5. The van der Waals surface area contributed by atoms with Gasteiger partial charge in [0.05, 0.1) is 23.5 Å². The third-order valence-corrected chi connectivity index (χ3v) is 38.8. The molecule has 0 aromatic heterocycles. The van der Waals surface area contributed by atoms with Crippen LogP contribution in [0.25, 0.3) is 0 Å². The lowest BCUT2D eigenvalue weighted by molar-refractivity contribution is -0.134. The Morgan fingerprint density at radius 1 is 0.450 bits per heavy atom. The van der Waals surface area contributed by atoms with Gasteiger partial charge < -0.3 is 45.0 Å². The van der Waals surface area contributed by atoms with E-state index in [2.05, 4.69) is 103 Å². The molecule has 4 aliphatic heterocycles. The molecule has 12 aliphatic rings. The van der Waals surface area contributed by atoms with Crippen LogP contribution in [0.1, 0.15) is 188 Å². The zero-order valence-corrected chi connectivity index (χ0v) is 76.8. The number of sulfonamides is 4. The van der Waals surface area contributed by atoms with E-state index in [9.17, 15) is 57.6 Å². The number of fused-ring (bicyclic) bond motifs is 8. The van der Waals surface area contributed by atoms with E-state index in [0.29, 0.717) is 52.4 Å². The first-order chi connectivity index (χ1) is 56.8. The third-order valence-electron chi connectivity index (χ3n) is 27.5. The number of hydrogen-bond donors (Lipinski definition) is 8. The molecule has 0 radical (unpaired) electrons. The molecule has 6 unspecified atom stereocenters. The molecule has 0 spiro atoms. The average Bonchev–Trinajstić information content (AvgIpc) is 1.10. The number of likely N-dealkylation sites (tertiary alicyclic amines) is 4. The summed E-state index contributed by atoms with van der Waals surface area (Å²) in [5, 5.41) is 8.84. The number of hydrogen-bond acceptors (Lipinski definition) is 20. The van der Waals surface area contributed by atoms with Crippen LogP contribution in [-0.4, -0.2) is 243 Å². The van der Waals surface area contributed by atoms with Gasteiger partial charge in [-0.15, -0.1) is 0 Å². The lowest BCUT2D eigenvalue weighted by Gasteiger charge is -2.40. The van der Waals surface area contributed by atoms with Gasteiger partial charge in [0, 0.05) is 116 Å². The molecule has 4 aromatic carbocycles. The maximum atomic E-state index is 13.1. The molecule has 0 bridgehead atoms. The third kappa shape index (κ3) is 20.1. The van der Waals surface area contributed by atoms with Gasteiger partial charge in [-0.2, -0.15) is 0 Å². The van der Waals surface area contributed by atoms with E-state index in [1.165, 1.54) is 97.0 Å². The Morgan fingerprint density at radius 3 is 1.07 bits per heavy atom. The lowest BCUT2D eigenvalue weighted by atomic mass is 9.99. The summed E-state index contributed by atoms with van der Waals surface area (Å²) in [5.74, 6) is -0.115. The smallest absolute Gasteiger partial charge is 0.332 e. The zero-order valence-electron chi connectivity index (χ0n) is 72.6.